The van der Waals surface area contributed by atoms with Gasteiger partial charge in [0, 0.05) is 17.3 Å². The van der Waals surface area contributed by atoms with E-state index in [9.17, 15) is 9.18 Å². The van der Waals surface area contributed by atoms with Crippen LogP contribution in [0.1, 0.15) is 24.5 Å². The third kappa shape index (κ3) is 5.32. The normalized spacial score (nSPS) is 10.9. The molecule has 2 aromatic rings. The minimum Gasteiger partial charge on any atom is -0.325 e. The SMILES string of the molecule is CCCN(CC(=O)Nc1ccccc1C)Cc1ccc(F)cc1Cl. The standard InChI is InChI=1S/C19H22ClFN2O/c1-3-10-23(12-15-8-9-16(21)11-17(15)20)13-19(24)22-18-7-5-4-6-14(18)2/h4-9,11H,3,10,12-13H2,1-2H3,(H,22,24). The lowest BCUT2D eigenvalue weighted by Crippen LogP contribution is -2.33. The van der Waals surface area contributed by atoms with Gasteiger partial charge in [-0.3, -0.25) is 9.69 Å². The maximum Gasteiger partial charge on any atom is 0.238 e. The van der Waals surface area contributed by atoms with Crippen molar-refractivity contribution in [2.75, 3.05) is 18.4 Å². The molecule has 0 bridgehead atoms. The number of anilines is 1. The molecule has 2 aromatic carbocycles. The number of hydrogen-bond donors (Lipinski definition) is 1. The van der Waals surface area contributed by atoms with Gasteiger partial charge in [-0.25, -0.2) is 4.39 Å². The second kappa shape index (κ2) is 8.81. The molecule has 128 valence electrons. The molecule has 0 spiro atoms. The molecule has 1 N–H and O–H groups in total. The van der Waals surface area contributed by atoms with Gasteiger partial charge < -0.3 is 5.32 Å². The number of hydrogen-bond acceptors (Lipinski definition) is 2. The predicted octanol–water partition coefficient (Wildman–Crippen LogP) is 4.64. The second-order valence-corrected chi connectivity index (χ2v) is 6.22. The molecule has 5 heteroatoms. The van der Waals surface area contributed by atoms with Gasteiger partial charge in [-0.2, -0.15) is 0 Å². The van der Waals surface area contributed by atoms with Crippen molar-refractivity contribution in [2.45, 2.75) is 26.8 Å². The summed E-state index contributed by atoms with van der Waals surface area (Å²) >= 11 is 6.09. The molecular formula is C19H22ClFN2O. The second-order valence-electron chi connectivity index (χ2n) is 5.81. The van der Waals surface area contributed by atoms with Crippen LogP contribution in [0.3, 0.4) is 0 Å². The summed E-state index contributed by atoms with van der Waals surface area (Å²) in [5.74, 6) is -0.431. The van der Waals surface area contributed by atoms with E-state index in [1.165, 1.54) is 12.1 Å². The fraction of sp³-hybridized carbons (Fsp3) is 0.316. The van der Waals surface area contributed by atoms with E-state index >= 15 is 0 Å². The Kier molecular flexibility index (Phi) is 6.76. The molecule has 3 nitrogen and oxygen atoms in total. The smallest absolute Gasteiger partial charge is 0.238 e. The predicted molar refractivity (Wildman–Crippen MR) is 96.8 cm³/mol. The largest absolute Gasteiger partial charge is 0.325 e. The number of nitrogens with zero attached hydrogens (tertiary/aromatic N) is 1. The molecular weight excluding hydrogens is 327 g/mol. The first-order valence-electron chi connectivity index (χ1n) is 8.01. The summed E-state index contributed by atoms with van der Waals surface area (Å²) in [5, 5.41) is 3.32. The number of carbonyl (C=O) groups excluding carboxylic acids is 1. The highest BCUT2D eigenvalue weighted by Crippen LogP contribution is 2.19. The number of amides is 1. The number of carbonyl (C=O) groups is 1. The minimum absolute atomic E-state index is 0.0732. The zero-order valence-electron chi connectivity index (χ0n) is 14.0. The Hall–Kier alpha value is -1.91. The highest BCUT2D eigenvalue weighted by Gasteiger charge is 2.13. The molecule has 24 heavy (non-hydrogen) atoms. The number of aryl methyl sites for hydroxylation is 1. The summed E-state index contributed by atoms with van der Waals surface area (Å²) < 4.78 is 13.2. The zero-order chi connectivity index (χ0) is 17.5. The number of nitrogens with one attached hydrogen (secondary N) is 1. The van der Waals surface area contributed by atoms with Gasteiger partial charge in [-0.15, -0.1) is 0 Å². The van der Waals surface area contributed by atoms with Crippen LogP contribution in [-0.4, -0.2) is 23.9 Å². The Morgan fingerprint density at radius 1 is 1.25 bits per heavy atom. The fourth-order valence-corrected chi connectivity index (χ4v) is 2.75. The molecule has 0 unspecified atom stereocenters. The van der Waals surface area contributed by atoms with E-state index in [4.69, 9.17) is 11.6 Å². The average Bonchev–Trinajstić information content (AvgIpc) is 2.52. The van der Waals surface area contributed by atoms with Crippen LogP contribution in [0.2, 0.25) is 5.02 Å². The topological polar surface area (TPSA) is 32.3 Å². The Morgan fingerprint density at radius 3 is 2.67 bits per heavy atom. The highest BCUT2D eigenvalue weighted by atomic mass is 35.5. The van der Waals surface area contributed by atoms with Crippen molar-refractivity contribution >= 4 is 23.2 Å². The molecule has 0 saturated carbocycles. The summed E-state index contributed by atoms with van der Waals surface area (Å²) in [7, 11) is 0. The third-order valence-electron chi connectivity index (χ3n) is 3.74. The first-order valence-corrected chi connectivity index (χ1v) is 8.39. The van der Waals surface area contributed by atoms with Crippen LogP contribution >= 0.6 is 11.6 Å². The van der Waals surface area contributed by atoms with Crippen LogP contribution in [0.25, 0.3) is 0 Å². The van der Waals surface area contributed by atoms with Gasteiger partial charge in [-0.1, -0.05) is 42.8 Å². The lowest BCUT2D eigenvalue weighted by molar-refractivity contribution is -0.117. The lowest BCUT2D eigenvalue weighted by atomic mass is 10.2. The van der Waals surface area contributed by atoms with Crippen molar-refractivity contribution in [2.24, 2.45) is 0 Å². The van der Waals surface area contributed by atoms with Crippen LogP contribution in [0.4, 0.5) is 10.1 Å². The first-order chi connectivity index (χ1) is 11.5. The van der Waals surface area contributed by atoms with Gasteiger partial charge in [0.05, 0.1) is 6.54 Å². The van der Waals surface area contributed by atoms with Crippen LogP contribution < -0.4 is 5.32 Å². The molecule has 0 heterocycles. The van der Waals surface area contributed by atoms with E-state index < -0.39 is 0 Å². The number of halogens is 2. The summed E-state index contributed by atoms with van der Waals surface area (Å²) in [6.07, 6.45) is 0.913. The Bertz CT molecular complexity index is 706. The maximum atomic E-state index is 13.2. The highest BCUT2D eigenvalue weighted by molar-refractivity contribution is 6.31. The summed E-state index contributed by atoms with van der Waals surface area (Å²) in [6.45, 7) is 5.54. The summed E-state index contributed by atoms with van der Waals surface area (Å²) in [6, 6.07) is 12.0. The van der Waals surface area contributed by atoms with Gasteiger partial charge in [0.25, 0.3) is 0 Å². The molecule has 0 atom stereocenters. The molecule has 0 fully saturated rings. The average molecular weight is 349 g/mol. The van der Waals surface area contributed by atoms with Gasteiger partial charge >= 0.3 is 0 Å². The lowest BCUT2D eigenvalue weighted by Gasteiger charge is -2.22. The van der Waals surface area contributed by atoms with Crippen molar-refractivity contribution in [3.8, 4) is 0 Å². The number of rotatable bonds is 7. The van der Waals surface area contributed by atoms with Gasteiger partial charge in [-0.05, 0) is 49.2 Å². The Labute approximate surface area is 147 Å². The van der Waals surface area contributed by atoms with Crippen molar-refractivity contribution in [1.29, 1.82) is 0 Å². The third-order valence-corrected chi connectivity index (χ3v) is 4.09. The van der Waals surface area contributed by atoms with Gasteiger partial charge in [0.1, 0.15) is 5.82 Å². The minimum atomic E-state index is -0.358. The molecule has 1 amide bonds. The van der Waals surface area contributed by atoms with Crippen LogP contribution in [-0.2, 0) is 11.3 Å². The van der Waals surface area contributed by atoms with E-state index in [0.29, 0.717) is 11.6 Å². The Balaban J connectivity index is 2.02. The fourth-order valence-electron chi connectivity index (χ4n) is 2.53. The van der Waals surface area contributed by atoms with E-state index in [1.54, 1.807) is 6.07 Å². The zero-order valence-corrected chi connectivity index (χ0v) is 14.7. The van der Waals surface area contributed by atoms with Crippen molar-refractivity contribution < 1.29 is 9.18 Å². The van der Waals surface area contributed by atoms with E-state index in [2.05, 4.69) is 12.2 Å². The summed E-state index contributed by atoms with van der Waals surface area (Å²) in [4.78, 5) is 14.3. The molecule has 0 saturated heterocycles. The molecule has 0 aliphatic rings. The van der Waals surface area contributed by atoms with Crippen molar-refractivity contribution in [3.63, 3.8) is 0 Å². The van der Waals surface area contributed by atoms with E-state index in [1.807, 2.05) is 36.1 Å². The Morgan fingerprint density at radius 2 is 2.00 bits per heavy atom. The molecule has 0 radical (unpaired) electrons. The van der Waals surface area contributed by atoms with Crippen molar-refractivity contribution in [1.82, 2.24) is 4.90 Å². The van der Waals surface area contributed by atoms with Gasteiger partial charge in [0.15, 0.2) is 0 Å². The van der Waals surface area contributed by atoms with Crippen LogP contribution in [0, 0.1) is 12.7 Å². The first kappa shape index (κ1) is 18.4. The van der Waals surface area contributed by atoms with E-state index in [0.717, 1.165) is 29.8 Å². The maximum absolute atomic E-state index is 13.2. The van der Waals surface area contributed by atoms with Crippen LogP contribution in [0.5, 0.6) is 0 Å². The number of para-hydroxylation sites is 1. The molecule has 0 aliphatic heterocycles. The van der Waals surface area contributed by atoms with Gasteiger partial charge in [0.2, 0.25) is 5.91 Å². The number of benzene rings is 2. The monoisotopic (exact) mass is 348 g/mol. The van der Waals surface area contributed by atoms with Crippen molar-refractivity contribution in [3.05, 3.63) is 64.4 Å². The molecule has 0 aliphatic carbocycles. The molecule has 2 rings (SSSR count). The van der Waals surface area contributed by atoms with E-state index in [-0.39, 0.29) is 18.3 Å². The van der Waals surface area contributed by atoms with Crippen LogP contribution in [0.15, 0.2) is 42.5 Å². The summed E-state index contributed by atoms with van der Waals surface area (Å²) in [5.41, 5.74) is 2.66. The molecule has 0 aromatic heterocycles. The quantitative estimate of drug-likeness (QED) is 0.790.